The number of oxazole rings is 1. The molecule has 0 saturated carbocycles. The number of hydrogen-bond donors (Lipinski definition) is 1. The predicted octanol–water partition coefficient (Wildman–Crippen LogP) is 1.94. The molecule has 0 atom stereocenters. The smallest absolute Gasteiger partial charge is 0.344 e. The van der Waals surface area contributed by atoms with Crippen molar-refractivity contribution in [1.29, 1.82) is 0 Å². The van der Waals surface area contributed by atoms with Gasteiger partial charge in [-0.2, -0.15) is 0 Å². The Balaban J connectivity index is 1.89. The van der Waals surface area contributed by atoms with E-state index in [9.17, 15) is 13.2 Å². The quantitative estimate of drug-likeness (QED) is 0.718. The molecule has 1 aliphatic heterocycles. The van der Waals surface area contributed by atoms with E-state index in [1.807, 2.05) is 30.3 Å². The summed E-state index contributed by atoms with van der Waals surface area (Å²) >= 11 is 0. The first-order valence-electron chi connectivity index (χ1n) is 7.33. The summed E-state index contributed by atoms with van der Waals surface area (Å²) in [7, 11) is -3.85. The summed E-state index contributed by atoms with van der Waals surface area (Å²) in [4.78, 5) is 16.3. The fourth-order valence-electron chi connectivity index (χ4n) is 2.68. The molecule has 0 radical (unpaired) electrons. The zero-order valence-corrected chi connectivity index (χ0v) is 13.6. The third-order valence-corrected chi connectivity index (χ3v) is 4.79. The van der Waals surface area contributed by atoms with Crippen LogP contribution in [0, 0.1) is 0 Å². The Kier molecular flexibility index (Phi) is 3.45. The Morgan fingerprint density at radius 2 is 1.84 bits per heavy atom. The molecule has 1 aliphatic rings. The molecule has 2 heterocycles. The number of aromatic nitrogens is 1. The minimum absolute atomic E-state index is 0.0777. The van der Waals surface area contributed by atoms with Crippen LogP contribution in [0.4, 0.5) is 0 Å². The Morgan fingerprint density at radius 1 is 1.08 bits per heavy atom. The van der Waals surface area contributed by atoms with Crippen LogP contribution in [0.15, 0.2) is 57.8 Å². The summed E-state index contributed by atoms with van der Waals surface area (Å²) in [5.41, 5.74) is 2.38. The minimum Gasteiger partial charge on any atom is -0.457 e. The van der Waals surface area contributed by atoms with Gasteiger partial charge in [-0.3, -0.25) is 0 Å². The summed E-state index contributed by atoms with van der Waals surface area (Å²) in [6.45, 7) is 0.124. The van der Waals surface area contributed by atoms with E-state index in [0.717, 1.165) is 5.56 Å². The van der Waals surface area contributed by atoms with Gasteiger partial charge in [-0.05, 0) is 23.8 Å². The largest absolute Gasteiger partial charge is 0.457 e. The van der Waals surface area contributed by atoms with Gasteiger partial charge < -0.3 is 9.15 Å². The standard InChI is InChI=1S/C17H12N2O5S/c18-25(21,22)11-6-7-14-13(8-11)19-16(24-14)15-12(9-23-17(15)20)10-4-2-1-3-5-10/h1-8H,9H2,(H2,18,21,22). The predicted molar refractivity (Wildman–Crippen MR) is 89.6 cm³/mol. The summed E-state index contributed by atoms with van der Waals surface area (Å²) < 4.78 is 33.7. The lowest BCUT2D eigenvalue weighted by molar-refractivity contribution is -0.133. The van der Waals surface area contributed by atoms with Gasteiger partial charge in [0.15, 0.2) is 5.58 Å². The van der Waals surface area contributed by atoms with Gasteiger partial charge in [-0.15, -0.1) is 0 Å². The van der Waals surface area contributed by atoms with Crippen molar-refractivity contribution in [1.82, 2.24) is 4.98 Å². The number of fused-ring (bicyclic) bond motifs is 1. The average molecular weight is 356 g/mol. The van der Waals surface area contributed by atoms with E-state index >= 15 is 0 Å². The van der Waals surface area contributed by atoms with E-state index < -0.39 is 16.0 Å². The Hall–Kier alpha value is -2.97. The van der Waals surface area contributed by atoms with Gasteiger partial charge in [0.1, 0.15) is 17.7 Å². The molecule has 0 unspecified atom stereocenters. The second-order valence-electron chi connectivity index (χ2n) is 5.49. The van der Waals surface area contributed by atoms with E-state index in [4.69, 9.17) is 14.3 Å². The van der Waals surface area contributed by atoms with Crippen molar-refractivity contribution in [2.45, 2.75) is 4.90 Å². The summed E-state index contributed by atoms with van der Waals surface area (Å²) in [6, 6.07) is 13.4. The van der Waals surface area contributed by atoms with Gasteiger partial charge >= 0.3 is 5.97 Å². The molecule has 0 saturated heterocycles. The monoisotopic (exact) mass is 356 g/mol. The first kappa shape index (κ1) is 15.6. The number of carbonyl (C=O) groups is 1. The number of sulfonamides is 1. The second-order valence-corrected chi connectivity index (χ2v) is 7.05. The van der Waals surface area contributed by atoms with Crippen molar-refractivity contribution in [2.24, 2.45) is 5.14 Å². The molecule has 3 aromatic rings. The highest BCUT2D eigenvalue weighted by atomic mass is 32.2. The lowest BCUT2D eigenvalue weighted by atomic mass is 10.0. The van der Waals surface area contributed by atoms with E-state index in [0.29, 0.717) is 16.7 Å². The maximum atomic E-state index is 12.2. The highest BCUT2D eigenvalue weighted by Crippen LogP contribution is 2.34. The van der Waals surface area contributed by atoms with Crippen molar-refractivity contribution < 1.29 is 22.4 Å². The van der Waals surface area contributed by atoms with Gasteiger partial charge in [0, 0.05) is 5.57 Å². The number of hydrogen-bond acceptors (Lipinski definition) is 6. The van der Waals surface area contributed by atoms with E-state index in [1.165, 1.54) is 18.2 Å². The van der Waals surface area contributed by atoms with Gasteiger partial charge in [-0.25, -0.2) is 23.3 Å². The number of nitrogens with zero attached hydrogens (tertiary/aromatic N) is 1. The van der Waals surface area contributed by atoms with Crippen LogP contribution >= 0.6 is 0 Å². The molecular weight excluding hydrogens is 344 g/mol. The molecule has 2 N–H and O–H groups in total. The van der Waals surface area contributed by atoms with Crippen LogP contribution < -0.4 is 5.14 Å². The highest BCUT2D eigenvalue weighted by molar-refractivity contribution is 7.89. The van der Waals surface area contributed by atoms with Crippen molar-refractivity contribution in [3.05, 3.63) is 60.0 Å². The lowest BCUT2D eigenvalue weighted by Gasteiger charge is -2.00. The zero-order valence-electron chi connectivity index (χ0n) is 12.8. The average Bonchev–Trinajstić information content (AvgIpc) is 3.17. The van der Waals surface area contributed by atoms with Crippen molar-refractivity contribution >= 4 is 38.2 Å². The number of benzene rings is 2. The number of esters is 1. The molecule has 126 valence electrons. The van der Waals surface area contributed by atoms with Crippen LogP contribution in [0.25, 0.3) is 22.2 Å². The van der Waals surface area contributed by atoms with E-state index in [2.05, 4.69) is 4.98 Å². The fourth-order valence-corrected chi connectivity index (χ4v) is 3.21. The molecular formula is C17H12N2O5S. The number of cyclic esters (lactones) is 1. The van der Waals surface area contributed by atoms with Gasteiger partial charge in [0.2, 0.25) is 15.9 Å². The molecule has 2 aromatic carbocycles. The summed E-state index contributed by atoms with van der Waals surface area (Å²) in [5, 5.41) is 5.13. The topological polar surface area (TPSA) is 112 Å². The number of primary sulfonamides is 1. The summed E-state index contributed by atoms with van der Waals surface area (Å²) in [6.07, 6.45) is 0. The highest BCUT2D eigenvalue weighted by Gasteiger charge is 2.31. The molecule has 1 aromatic heterocycles. The molecule has 0 aliphatic carbocycles. The van der Waals surface area contributed by atoms with Crippen molar-refractivity contribution in [3.8, 4) is 0 Å². The van der Waals surface area contributed by atoms with Crippen LogP contribution in [-0.4, -0.2) is 26.0 Å². The lowest BCUT2D eigenvalue weighted by Crippen LogP contribution is -2.11. The molecule has 25 heavy (non-hydrogen) atoms. The van der Waals surface area contributed by atoms with Crippen LogP contribution in [0.2, 0.25) is 0 Å². The number of rotatable bonds is 3. The third kappa shape index (κ3) is 2.71. The maximum Gasteiger partial charge on any atom is 0.344 e. The first-order chi connectivity index (χ1) is 11.9. The van der Waals surface area contributed by atoms with Gasteiger partial charge in [0.05, 0.1) is 4.90 Å². The Morgan fingerprint density at radius 3 is 2.56 bits per heavy atom. The van der Waals surface area contributed by atoms with Gasteiger partial charge in [-0.1, -0.05) is 30.3 Å². The first-order valence-corrected chi connectivity index (χ1v) is 8.87. The van der Waals surface area contributed by atoms with Gasteiger partial charge in [0.25, 0.3) is 0 Å². The SMILES string of the molecule is NS(=O)(=O)c1ccc2oc(C3=C(c4ccccc4)COC3=O)nc2c1. The van der Waals surface area contributed by atoms with Crippen LogP contribution in [0.5, 0.6) is 0 Å². The van der Waals surface area contributed by atoms with Crippen LogP contribution in [-0.2, 0) is 19.6 Å². The summed E-state index contributed by atoms with van der Waals surface area (Å²) in [5.74, 6) is -0.444. The van der Waals surface area contributed by atoms with Crippen LogP contribution in [0.3, 0.4) is 0 Å². The molecule has 0 bridgehead atoms. The molecule has 8 heteroatoms. The van der Waals surface area contributed by atoms with E-state index in [1.54, 1.807) is 0 Å². The maximum absolute atomic E-state index is 12.2. The number of carbonyl (C=O) groups excluding carboxylic acids is 1. The molecule has 4 rings (SSSR count). The number of nitrogens with two attached hydrogens (primary N) is 1. The fraction of sp³-hybridized carbons (Fsp3) is 0.0588. The third-order valence-electron chi connectivity index (χ3n) is 3.88. The van der Waals surface area contributed by atoms with E-state index in [-0.39, 0.29) is 23.0 Å². The molecule has 0 fully saturated rings. The second kappa shape index (κ2) is 5.54. The zero-order chi connectivity index (χ0) is 17.6. The van der Waals surface area contributed by atoms with Crippen LogP contribution in [0.1, 0.15) is 11.5 Å². The molecule has 0 spiro atoms. The van der Waals surface area contributed by atoms with Crippen molar-refractivity contribution in [2.75, 3.05) is 6.61 Å². The van der Waals surface area contributed by atoms with Crippen molar-refractivity contribution in [3.63, 3.8) is 0 Å². The normalized spacial score (nSPS) is 15.0. The number of ether oxygens (including phenoxy) is 1. The molecule has 7 nitrogen and oxygen atoms in total. The molecule has 0 amide bonds. The minimum atomic E-state index is -3.85. The Bertz CT molecular complexity index is 1130. The Labute approximate surface area is 142 Å².